The number of nitrogens with zero attached hydrogens (tertiary/aromatic N) is 2. The van der Waals surface area contributed by atoms with E-state index >= 15 is 0 Å². The van der Waals surface area contributed by atoms with E-state index in [0.717, 1.165) is 19.4 Å². The van der Waals surface area contributed by atoms with Crippen LogP contribution >= 0.6 is 0 Å². The van der Waals surface area contributed by atoms with Gasteiger partial charge in [-0.3, -0.25) is 4.68 Å². The third-order valence-corrected chi connectivity index (χ3v) is 2.02. The van der Waals surface area contributed by atoms with E-state index in [0.29, 0.717) is 0 Å². The van der Waals surface area contributed by atoms with Gasteiger partial charge in [-0.2, -0.15) is 5.10 Å². The zero-order chi connectivity index (χ0) is 8.97. The van der Waals surface area contributed by atoms with Crippen LogP contribution in [0.25, 0.3) is 0 Å². The predicted octanol–water partition coefficient (Wildman–Crippen LogP) is 2.55. The molecule has 0 atom stereocenters. The van der Waals surface area contributed by atoms with Crippen molar-refractivity contribution in [1.29, 1.82) is 0 Å². The number of aryl methyl sites for hydroxylation is 3. The van der Waals surface area contributed by atoms with Crippen molar-refractivity contribution in [3.63, 3.8) is 0 Å². The summed E-state index contributed by atoms with van der Waals surface area (Å²) in [7, 11) is 0. The van der Waals surface area contributed by atoms with Crippen LogP contribution in [0.4, 0.5) is 0 Å². The Balaban J connectivity index is 2.70. The van der Waals surface area contributed by atoms with Crippen molar-refractivity contribution in [2.75, 3.05) is 0 Å². The molecule has 0 aliphatic rings. The fraction of sp³-hybridized carbons (Fsp3) is 0.700. The molecule has 0 N–H and O–H groups in total. The normalized spacial score (nSPS) is 10.6. The SMILES string of the molecule is CCCc1cn(CCC)nc1C. The minimum atomic E-state index is 1.05. The molecule has 1 heterocycles. The Kier molecular flexibility index (Phi) is 3.32. The Bertz CT molecular complexity index is 238. The van der Waals surface area contributed by atoms with Crippen LogP contribution in [0.1, 0.15) is 37.9 Å². The summed E-state index contributed by atoms with van der Waals surface area (Å²) in [5.74, 6) is 0. The topological polar surface area (TPSA) is 17.8 Å². The quantitative estimate of drug-likeness (QED) is 0.672. The van der Waals surface area contributed by atoms with Crippen LogP contribution in [-0.2, 0) is 13.0 Å². The summed E-state index contributed by atoms with van der Waals surface area (Å²) in [5.41, 5.74) is 2.61. The molecule has 1 aromatic heterocycles. The molecule has 0 aromatic carbocycles. The highest BCUT2D eigenvalue weighted by atomic mass is 15.3. The molecule has 0 aliphatic heterocycles. The molecule has 1 rings (SSSR count). The highest BCUT2D eigenvalue weighted by Crippen LogP contribution is 2.08. The second-order valence-corrected chi connectivity index (χ2v) is 3.25. The van der Waals surface area contributed by atoms with Crippen LogP contribution in [-0.4, -0.2) is 9.78 Å². The van der Waals surface area contributed by atoms with Crippen LogP contribution < -0.4 is 0 Å². The summed E-state index contributed by atoms with van der Waals surface area (Å²) >= 11 is 0. The standard InChI is InChI=1S/C10H18N2/c1-4-6-10-8-12(7-5-2)11-9(10)3/h8H,4-7H2,1-3H3. The summed E-state index contributed by atoms with van der Waals surface area (Å²) in [5, 5.41) is 4.44. The Labute approximate surface area is 74.6 Å². The predicted molar refractivity (Wildman–Crippen MR) is 51.3 cm³/mol. The van der Waals surface area contributed by atoms with Crippen molar-refractivity contribution in [2.45, 2.75) is 46.6 Å². The third-order valence-electron chi connectivity index (χ3n) is 2.02. The highest BCUT2D eigenvalue weighted by Gasteiger charge is 2.01. The van der Waals surface area contributed by atoms with E-state index in [2.05, 4.69) is 36.7 Å². The molecule has 68 valence electrons. The molecule has 0 saturated heterocycles. The van der Waals surface area contributed by atoms with E-state index in [1.165, 1.54) is 17.7 Å². The lowest BCUT2D eigenvalue weighted by atomic mass is 10.1. The van der Waals surface area contributed by atoms with E-state index in [-0.39, 0.29) is 0 Å². The van der Waals surface area contributed by atoms with Gasteiger partial charge >= 0.3 is 0 Å². The number of hydrogen-bond acceptors (Lipinski definition) is 1. The number of hydrogen-bond donors (Lipinski definition) is 0. The third kappa shape index (κ3) is 2.10. The largest absolute Gasteiger partial charge is 0.272 e. The first-order valence-corrected chi connectivity index (χ1v) is 4.80. The van der Waals surface area contributed by atoms with Crippen LogP contribution in [0.15, 0.2) is 6.20 Å². The lowest BCUT2D eigenvalue weighted by molar-refractivity contribution is 0.598. The van der Waals surface area contributed by atoms with Crippen molar-refractivity contribution >= 4 is 0 Å². The van der Waals surface area contributed by atoms with Crippen LogP contribution in [0, 0.1) is 6.92 Å². The lowest BCUT2D eigenvalue weighted by Crippen LogP contribution is -1.96. The van der Waals surface area contributed by atoms with Crippen molar-refractivity contribution in [2.24, 2.45) is 0 Å². The summed E-state index contributed by atoms with van der Waals surface area (Å²) in [6, 6.07) is 0. The Morgan fingerprint density at radius 3 is 2.67 bits per heavy atom. The molecule has 2 heteroatoms. The molecule has 1 aromatic rings. The molecule has 0 amide bonds. The molecule has 0 saturated carbocycles. The summed E-state index contributed by atoms with van der Waals surface area (Å²) in [6.07, 6.45) is 5.71. The van der Waals surface area contributed by atoms with Crippen LogP contribution in [0.5, 0.6) is 0 Å². The molecule has 0 bridgehead atoms. The fourth-order valence-electron chi connectivity index (χ4n) is 1.42. The van der Waals surface area contributed by atoms with Crippen molar-refractivity contribution in [3.05, 3.63) is 17.5 Å². The fourth-order valence-corrected chi connectivity index (χ4v) is 1.42. The minimum absolute atomic E-state index is 1.05. The van der Waals surface area contributed by atoms with Gasteiger partial charge in [0.25, 0.3) is 0 Å². The molecule has 12 heavy (non-hydrogen) atoms. The van der Waals surface area contributed by atoms with Crippen LogP contribution in [0.2, 0.25) is 0 Å². The van der Waals surface area contributed by atoms with Gasteiger partial charge in [0.05, 0.1) is 5.69 Å². The second kappa shape index (κ2) is 4.29. The Morgan fingerprint density at radius 2 is 2.08 bits per heavy atom. The van der Waals surface area contributed by atoms with E-state index in [1.807, 2.05) is 0 Å². The second-order valence-electron chi connectivity index (χ2n) is 3.25. The maximum atomic E-state index is 4.44. The molecular weight excluding hydrogens is 148 g/mol. The monoisotopic (exact) mass is 166 g/mol. The van der Waals surface area contributed by atoms with E-state index in [1.54, 1.807) is 0 Å². The van der Waals surface area contributed by atoms with E-state index < -0.39 is 0 Å². The van der Waals surface area contributed by atoms with Gasteiger partial charge in [0.1, 0.15) is 0 Å². The van der Waals surface area contributed by atoms with Gasteiger partial charge in [0, 0.05) is 12.7 Å². The molecule has 0 aliphatic carbocycles. The van der Waals surface area contributed by atoms with Gasteiger partial charge in [-0.05, 0) is 25.3 Å². The first kappa shape index (κ1) is 9.30. The number of rotatable bonds is 4. The molecule has 0 radical (unpaired) electrons. The van der Waals surface area contributed by atoms with Crippen molar-refractivity contribution in [1.82, 2.24) is 9.78 Å². The molecular formula is C10H18N2. The lowest BCUT2D eigenvalue weighted by Gasteiger charge is -1.94. The average molecular weight is 166 g/mol. The maximum absolute atomic E-state index is 4.44. The van der Waals surface area contributed by atoms with E-state index in [4.69, 9.17) is 0 Å². The number of aromatic nitrogens is 2. The van der Waals surface area contributed by atoms with Crippen molar-refractivity contribution < 1.29 is 0 Å². The van der Waals surface area contributed by atoms with Crippen LogP contribution in [0.3, 0.4) is 0 Å². The maximum Gasteiger partial charge on any atom is 0.0625 e. The Hall–Kier alpha value is -0.790. The van der Waals surface area contributed by atoms with Crippen molar-refractivity contribution in [3.8, 4) is 0 Å². The molecule has 2 nitrogen and oxygen atoms in total. The smallest absolute Gasteiger partial charge is 0.0625 e. The molecule has 0 spiro atoms. The van der Waals surface area contributed by atoms with E-state index in [9.17, 15) is 0 Å². The zero-order valence-electron chi connectivity index (χ0n) is 8.30. The van der Waals surface area contributed by atoms with Gasteiger partial charge in [-0.1, -0.05) is 20.3 Å². The highest BCUT2D eigenvalue weighted by molar-refractivity contribution is 5.15. The zero-order valence-corrected chi connectivity index (χ0v) is 8.30. The molecule has 0 fully saturated rings. The minimum Gasteiger partial charge on any atom is -0.272 e. The van der Waals surface area contributed by atoms with Gasteiger partial charge in [-0.15, -0.1) is 0 Å². The van der Waals surface area contributed by atoms with Gasteiger partial charge in [0.15, 0.2) is 0 Å². The Morgan fingerprint density at radius 1 is 1.33 bits per heavy atom. The van der Waals surface area contributed by atoms with Gasteiger partial charge in [-0.25, -0.2) is 0 Å². The summed E-state index contributed by atoms with van der Waals surface area (Å²) in [6.45, 7) is 7.52. The average Bonchev–Trinajstić information content (AvgIpc) is 2.34. The summed E-state index contributed by atoms with van der Waals surface area (Å²) < 4.78 is 2.06. The first-order valence-electron chi connectivity index (χ1n) is 4.80. The summed E-state index contributed by atoms with van der Waals surface area (Å²) in [4.78, 5) is 0. The first-order chi connectivity index (χ1) is 5.77. The van der Waals surface area contributed by atoms with Gasteiger partial charge in [0.2, 0.25) is 0 Å². The van der Waals surface area contributed by atoms with Gasteiger partial charge < -0.3 is 0 Å². The molecule has 0 unspecified atom stereocenters.